The minimum Gasteiger partial charge on any atom is -0.465 e. The number of ether oxygens (including phenoxy) is 1. The summed E-state index contributed by atoms with van der Waals surface area (Å²) in [5.41, 5.74) is 0.732. The fourth-order valence-corrected chi connectivity index (χ4v) is 2.87. The van der Waals surface area contributed by atoms with Crippen molar-refractivity contribution < 1.29 is 27.9 Å². The highest BCUT2D eigenvalue weighted by Gasteiger charge is 2.36. The first-order valence-electron chi connectivity index (χ1n) is 8.13. The highest BCUT2D eigenvalue weighted by molar-refractivity contribution is 6.03. The van der Waals surface area contributed by atoms with Crippen molar-refractivity contribution in [3.63, 3.8) is 0 Å². The number of halogens is 2. The van der Waals surface area contributed by atoms with E-state index in [9.17, 15) is 23.2 Å². The van der Waals surface area contributed by atoms with Gasteiger partial charge >= 0.3 is 5.97 Å². The molecule has 6 nitrogen and oxygen atoms in total. The fourth-order valence-electron chi connectivity index (χ4n) is 2.87. The molecule has 3 rings (SSSR count). The van der Waals surface area contributed by atoms with Gasteiger partial charge in [0.2, 0.25) is 11.8 Å². The van der Waals surface area contributed by atoms with Gasteiger partial charge in [0.05, 0.1) is 24.3 Å². The van der Waals surface area contributed by atoms with E-state index in [-0.39, 0.29) is 18.7 Å². The molecule has 0 radical (unpaired) electrons. The topological polar surface area (TPSA) is 75.7 Å². The molecule has 1 aliphatic rings. The van der Waals surface area contributed by atoms with E-state index in [4.69, 9.17) is 0 Å². The third kappa shape index (κ3) is 3.94. The van der Waals surface area contributed by atoms with E-state index < -0.39 is 35.3 Å². The Morgan fingerprint density at radius 2 is 1.85 bits per heavy atom. The predicted octanol–water partition coefficient (Wildman–Crippen LogP) is 2.74. The summed E-state index contributed by atoms with van der Waals surface area (Å²) in [5.74, 6) is -3.59. The molecule has 8 heteroatoms. The maximum atomic E-state index is 13.9. The Kier molecular flexibility index (Phi) is 5.16. The van der Waals surface area contributed by atoms with Crippen LogP contribution in [-0.4, -0.2) is 31.4 Å². The highest BCUT2D eigenvalue weighted by atomic mass is 19.1. The molecule has 27 heavy (non-hydrogen) atoms. The number of hydrogen-bond acceptors (Lipinski definition) is 4. The molecular formula is C19H16F2N2O4. The van der Waals surface area contributed by atoms with Crippen molar-refractivity contribution >= 4 is 29.2 Å². The highest BCUT2D eigenvalue weighted by Crippen LogP contribution is 2.28. The molecule has 1 saturated heterocycles. The van der Waals surface area contributed by atoms with Crippen LogP contribution in [0.3, 0.4) is 0 Å². The number of hydrogen-bond donors (Lipinski definition) is 1. The summed E-state index contributed by atoms with van der Waals surface area (Å²) in [4.78, 5) is 37.1. The van der Waals surface area contributed by atoms with Crippen LogP contribution < -0.4 is 10.2 Å². The van der Waals surface area contributed by atoms with Crippen molar-refractivity contribution in [3.8, 4) is 0 Å². The van der Waals surface area contributed by atoms with Crippen LogP contribution in [-0.2, 0) is 14.3 Å². The number of nitrogens with one attached hydrogen (secondary N) is 1. The van der Waals surface area contributed by atoms with Crippen LogP contribution in [0.5, 0.6) is 0 Å². The average molecular weight is 374 g/mol. The van der Waals surface area contributed by atoms with E-state index in [1.54, 1.807) is 12.1 Å². The van der Waals surface area contributed by atoms with E-state index in [1.807, 2.05) is 0 Å². The second kappa shape index (κ2) is 7.53. The van der Waals surface area contributed by atoms with Crippen LogP contribution in [0.1, 0.15) is 16.8 Å². The zero-order valence-corrected chi connectivity index (χ0v) is 14.4. The summed E-state index contributed by atoms with van der Waals surface area (Å²) >= 11 is 0. The number of benzene rings is 2. The number of carbonyl (C=O) groups excluding carboxylic acids is 3. The summed E-state index contributed by atoms with van der Waals surface area (Å²) in [6.45, 7) is -0.00648. The standard InChI is InChI=1S/C19H16F2N2O4/c1-27-19(26)11-2-5-14(6-3-11)22-18(25)12-8-17(24)23(10-12)16-7-4-13(20)9-15(16)21/h2-7,9,12H,8,10H2,1H3,(H,22,25). The molecule has 1 unspecified atom stereocenters. The minimum absolute atomic E-state index is 0.00648. The molecule has 0 aromatic heterocycles. The van der Waals surface area contributed by atoms with E-state index in [1.165, 1.54) is 25.3 Å². The summed E-state index contributed by atoms with van der Waals surface area (Å²) in [5, 5.41) is 2.66. The summed E-state index contributed by atoms with van der Waals surface area (Å²) in [6.07, 6.45) is -0.0805. The van der Waals surface area contributed by atoms with Crippen molar-refractivity contribution in [3.05, 3.63) is 59.7 Å². The van der Waals surface area contributed by atoms with Gasteiger partial charge in [-0.15, -0.1) is 0 Å². The van der Waals surface area contributed by atoms with E-state index >= 15 is 0 Å². The molecule has 1 N–H and O–H groups in total. The predicted molar refractivity (Wildman–Crippen MR) is 93.2 cm³/mol. The minimum atomic E-state index is -0.859. The number of nitrogens with zero attached hydrogens (tertiary/aromatic N) is 1. The van der Waals surface area contributed by atoms with Gasteiger partial charge in [0.25, 0.3) is 0 Å². The Labute approximate surface area is 153 Å². The molecule has 1 heterocycles. The summed E-state index contributed by atoms with van der Waals surface area (Å²) in [7, 11) is 1.27. The molecule has 0 bridgehead atoms. The van der Waals surface area contributed by atoms with Crippen molar-refractivity contribution in [2.75, 3.05) is 23.9 Å². The molecule has 2 aromatic carbocycles. The Morgan fingerprint density at radius 1 is 1.15 bits per heavy atom. The van der Waals surface area contributed by atoms with Gasteiger partial charge in [-0.2, -0.15) is 0 Å². The van der Waals surface area contributed by atoms with Crippen LogP contribution in [0.25, 0.3) is 0 Å². The first kappa shape index (κ1) is 18.5. The third-order valence-corrected chi connectivity index (χ3v) is 4.27. The molecule has 0 aliphatic carbocycles. The largest absolute Gasteiger partial charge is 0.465 e. The Balaban J connectivity index is 1.68. The SMILES string of the molecule is COC(=O)c1ccc(NC(=O)C2CC(=O)N(c3ccc(F)cc3F)C2)cc1. The quantitative estimate of drug-likeness (QED) is 0.835. The van der Waals surface area contributed by atoms with Gasteiger partial charge in [-0.05, 0) is 36.4 Å². The summed E-state index contributed by atoms with van der Waals surface area (Å²) in [6, 6.07) is 9.01. The van der Waals surface area contributed by atoms with E-state index in [2.05, 4.69) is 10.1 Å². The van der Waals surface area contributed by atoms with Gasteiger partial charge < -0.3 is 15.0 Å². The Hall–Kier alpha value is -3.29. The fraction of sp³-hybridized carbons (Fsp3) is 0.211. The lowest BCUT2D eigenvalue weighted by Crippen LogP contribution is -2.28. The van der Waals surface area contributed by atoms with E-state index in [0.717, 1.165) is 11.0 Å². The molecule has 0 saturated carbocycles. The van der Waals surface area contributed by atoms with Gasteiger partial charge in [-0.25, -0.2) is 13.6 Å². The normalized spacial score (nSPS) is 16.3. The monoisotopic (exact) mass is 374 g/mol. The van der Waals surface area contributed by atoms with Crippen LogP contribution in [0.4, 0.5) is 20.2 Å². The van der Waals surface area contributed by atoms with Crippen LogP contribution in [0.2, 0.25) is 0 Å². The summed E-state index contributed by atoms with van der Waals surface area (Å²) < 4.78 is 31.6. The van der Waals surface area contributed by atoms with E-state index in [0.29, 0.717) is 17.3 Å². The molecular weight excluding hydrogens is 358 g/mol. The van der Waals surface area contributed by atoms with Crippen molar-refractivity contribution in [1.29, 1.82) is 0 Å². The molecule has 140 valence electrons. The second-order valence-corrected chi connectivity index (χ2v) is 6.06. The zero-order chi connectivity index (χ0) is 19.6. The maximum absolute atomic E-state index is 13.9. The molecule has 1 atom stereocenters. The van der Waals surface area contributed by atoms with Crippen LogP contribution in [0.15, 0.2) is 42.5 Å². The molecule has 0 spiro atoms. The maximum Gasteiger partial charge on any atom is 0.337 e. The van der Waals surface area contributed by atoms with Gasteiger partial charge in [0.1, 0.15) is 11.6 Å². The number of carbonyl (C=O) groups is 3. The smallest absolute Gasteiger partial charge is 0.337 e. The number of amides is 2. The molecule has 1 aliphatic heterocycles. The molecule has 2 aromatic rings. The van der Waals surface area contributed by atoms with Crippen LogP contribution in [0, 0.1) is 17.6 Å². The van der Waals surface area contributed by atoms with Gasteiger partial charge in [0.15, 0.2) is 0 Å². The van der Waals surface area contributed by atoms with Crippen LogP contribution >= 0.6 is 0 Å². The van der Waals surface area contributed by atoms with Gasteiger partial charge in [0, 0.05) is 24.7 Å². The van der Waals surface area contributed by atoms with Crippen molar-refractivity contribution in [1.82, 2.24) is 0 Å². The number of methoxy groups -OCH3 is 1. The molecule has 1 fully saturated rings. The Morgan fingerprint density at radius 3 is 2.48 bits per heavy atom. The zero-order valence-electron chi connectivity index (χ0n) is 14.4. The number of rotatable bonds is 4. The Bertz CT molecular complexity index is 899. The first-order valence-corrected chi connectivity index (χ1v) is 8.13. The lowest BCUT2D eigenvalue weighted by atomic mass is 10.1. The lowest BCUT2D eigenvalue weighted by Gasteiger charge is -2.17. The second-order valence-electron chi connectivity index (χ2n) is 6.06. The molecule has 2 amide bonds. The number of esters is 1. The lowest BCUT2D eigenvalue weighted by molar-refractivity contribution is -0.122. The average Bonchev–Trinajstić information content (AvgIpc) is 3.03. The number of anilines is 2. The van der Waals surface area contributed by atoms with Crippen molar-refractivity contribution in [2.24, 2.45) is 5.92 Å². The first-order chi connectivity index (χ1) is 12.9. The third-order valence-electron chi connectivity index (χ3n) is 4.27. The van der Waals surface area contributed by atoms with Gasteiger partial charge in [-0.3, -0.25) is 9.59 Å². The van der Waals surface area contributed by atoms with Crippen molar-refractivity contribution in [2.45, 2.75) is 6.42 Å². The van der Waals surface area contributed by atoms with Gasteiger partial charge in [-0.1, -0.05) is 0 Å².